The van der Waals surface area contributed by atoms with E-state index in [9.17, 15) is 4.79 Å². The zero-order valence-corrected chi connectivity index (χ0v) is 12.0. The van der Waals surface area contributed by atoms with Crippen LogP contribution in [0.1, 0.15) is 16.8 Å². The third kappa shape index (κ3) is 3.50. The van der Waals surface area contributed by atoms with Crippen LogP contribution in [0.2, 0.25) is 0 Å². The lowest BCUT2D eigenvalue weighted by atomic mass is 10.1. The lowest BCUT2D eigenvalue weighted by Gasteiger charge is -2.14. The molecule has 0 bridgehead atoms. The predicted octanol–water partition coefficient (Wildman–Crippen LogP) is 2.19. The molecule has 1 aliphatic heterocycles. The number of hydrogen-bond acceptors (Lipinski definition) is 3. The quantitative estimate of drug-likeness (QED) is 0.619. The van der Waals surface area contributed by atoms with E-state index in [2.05, 4.69) is 27.5 Å². The molecule has 2 rings (SSSR count). The van der Waals surface area contributed by atoms with E-state index in [-0.39, 0.29) is 5.78 Å². The van der Waals surface area contributed by atoms with Crippen molar-refractivity contribution in [3.63, 3.8) is 0 Å². The molecule has 3 nitrogen and oxygen atoms in total. The van der Waals surface area contributed by atoms with Crippen LogP contribution in [-0.2, 0) is 4.74 Å². The molecule has 1 unspecified atom stereocenters. The highest BCUT2D eigenvalue weighted by molar-refractivity contribution is 14.1. The number of halogens is 1. The topological polar surface area (TPSA) is 29.5 Å². The summed E-state index contributed by atoms with van der Waals surface area (Å²) in [7, 11) is 1.73. The molecule has 1 saturated heterocycles. The van der Waals surface area contributed by atoms with Gasteiger partial charge in [-0.2, -0.15) is 0 Å². The lowest BCUT2D eigenvalue weighted by Crippen LogP contribution is -2.29. The Balaban J connectivity index is 1.91. The summed E-state index contributed by atoms with van der Waals surface area (Å²) in [6.45, 7) is 2.32. The molecule has 0 aliphatic carbocycles. The number of Topliss-reactive ketones (excluding diaryl/α,β-unsaturated/α-hetero) is 1. The normalized spacial score (nSPS) is 20.7. The maximum atomic E-state index is 12.0. The Morgan fingerprint density at radius 2 is 2.18 bits per heavy atom. The van der Waals surface area contributed by atoms with Gasteiger partial charge in [-0.15, -0.1) is 0 Å². The monoisotopic (exact) mass is 345 g/mol. The van der Waals surface area contributed by atoms with Gasteiger partial charge in [0, 0.05) is 29.3 Å². The largest absolute Gasteiger partial charge is 0.380 e. The van der Waals surface area contributed by atoms with E-state index in [0.717, 1.165) is 28.6 Å². The Hall–Kier alpha value is -0.460. The predicted molar refractivity (Wildman–Crippen MR) is 75.3 cm³/mol. The van der Waals surface area contributed by atoms with Crippen LogP contribution in [0.5, 0.6) is 0 Å². The number of methoxy groups -OCH3 is 1. The van der Waals surface area contributed by atoms with Crippen molar-refractivity contribution in [3.8, 4) is 0 Å². The summed E-state index contributed by atoms with van der Waals surface area (Å²) in [5.74, 6) is 0.193. The van der Waals surface area contributed by atoms with E-state index in [1.807, 2.05) is 24.3 Å². The fraction of sp³-hybridized carbons (Fsp3) is 0.462. The van der Waals surface area contributed by atoms with Gasteiger partial charge in [-0.3, -0.25) is 9.69 Å². The molecule has 0 aromatic heterocycles. The van der Waals surface area contributed by atoms with Crippen molar-refractivity contribution in [2.24, 2.45) is 0 Å². The lowest BCUT2D eigenvalue weighted by molar-refractivity contribution is 0.0899. The number of rotatable bonds is 4. The molecule has 1 fully saturated rings. The van der Waals surface area contributed by atoms with E-state index in [1.165, 1.54) is 0 Å². The van der Waals surface area contributed by atoms with Crippen LogP contribution in [0.15, 0.2) is 24.3 Å². The number of benzene rings is 1. The molecular formula is C13H16INO2. The van der Waals surface area contributed by atoms with Gasteiger partial charge in [0.15, 0.2) is 5.78 Å². The maximum Gasteiger partial charge on any atom is 0.176 e. The molecule has 0 saturated carbocycles. The summed E-state index contributed by atoms with van der Waals surface area (Å²) in [5.41, 5.74) is 0.797. The molecular weight excluding hydrogens is 329 g/mol. The van der Waals surface area contributed by atoms with Crippen molar-refractivity contribution in [3.05, 3.63) is 33.4 Å². The van der Waals surface area contributed by atoms with Crippen molar-refractivity contribution < 1.29 is 9.53 Å². The van der Waals surface area contributed by atoms with Crippen molar-refractivity contribution in [1.29, 1.82) is 0 Å². The summed E-state index contributed by atoms with van der Waals surface area (Å²) in [6.07, 6.45) is 1.32. The van der Waals surface area contributed by atoms with Crippen LogP contribution in [-0.4, -0.2) is 43.5 Å². The number of carbonyl (C=O) groups is 1. The van der Waals surface area contributed by atoms with Crippen molar-refractivity contribution >= 4 is 28.4 Å². The summed E-state index contributed by atoms with van der Waals surface area (Å²) < 4.78 is 6.44. The summed E-state index contributed by atoms with van der Waals surface area (Å²) >= 11 is 2.24. The highest BCUT2D eigenvalue weighted by atomic mass is 127. The number of ether oxygens (including phenoxy) is 1. The van der Waals surface area contributed by atoms with E-state index < -0.39 is 0 Å². The van der Waals surface area contributed by atoms with Gasteiger partial charge in [0.05, 0.1) is 12.6 Å². The molecule has 1 atom stereocenters. The van der Waals surface area contributed by atoms with Gasteiger partial charge < -0.3 is 4.74 Å². The minimum absolute atomic E-state index is 0.193. The minimum atomic E-state index is 0.193. The highest BCUT2D eigenvalue weighted by Crippen LogP contribution is 2.13. The second-order valence-electron chi connectivity index (χ2n) is 4.31. The fourth-order valence-corrected chi connectivity index (χ4v) is 2.42. The SMILES string of the molecule is COC1CCN(CC(=O)c2ccc(I)cc2)C1. The van der Waals surface area contributed by atoms with Crippen LogP contribution in [0.25, 0.3) is 0 Å². The third-order valence-electron chi connectivity index (χ3n) is 3.10. The van der Waals surface area contributed by atoms with Gasteiger partial charge in [0.2, 0.25) is 0 Å². The maximum absolute atomic E-state index is 12.0. The average Bonchev–Trinajstić information content (AvgIpc) is 2.77. The number of hydrogen-bond donors (Lipinski definition) is 0. The smallest absolute Gasteiger partial charge is 0.176 e. The van der Waals surface area contributed by atoms with Gasteiger partial charge in [-0.25, -0.2) is 0 Å². The van der Waals surface area contributed by atoms with Gasteiger partial charge in [-0.05, 0) is 41.1 Å². The van der Waals surface area contributed by atoms with Crippen molar-refractivity contribution in [2.45, 2.75) is 12.5 Å². The fourth-order valence-electron chi connectivity index (χ4n) is 2.06. The van der Waals surface area contributed by atoms with E-state index in [0.29, 0.717) is 12.6 Å². The molecule has 0 spiro atoms. The van der Waals surface area contributed by atoms with Crippen molar-refractivity contribution in [1.82, 2.24) is 4.90 Å². The zero-order valence-electron chi connectivity index (χ0n) is 9.86. The first kappa shape index (κ1) is 13.0. The second kappa shape index (κ2) is 5.93. The Morgan fingerprint density at radius 1 is 1.47 bits per heavy atom. The molecule has 4 heteroatoms. The molecule has 0 N–H and O–H groups in total. The molecule has 1 aromatic carbocycles. The second-order valence-corrected chi connectivity index (χ2v) is 5.56. The Morgan fingerprint density at radius 3 is 2.76 bits per heavy atom. The molecule has 0 amide bonds. The minimum Gasteiger partial charge on any atom is -0.380 e. The van der Waals surface area contributed by atoms with Crippen LogP contribution in [0.4, 0.5) is 0 Å². The Kier molecular flexibility index (Phi) is 4.53. The number of ketones is 1. The van der Waals surface area contributed by atoms with Gasteiger partial charge in [0.1, 0.15) is 0 Å². The number of carbonyl (C=O) groups excluding carboxylic acids is 1. The molecule has 0 radical (unpaired) electrons. The molecule has 92 valence electrons. The van der Waals surface area contributed by atoms with Gasteiger partial charge >= 0.3 is 0 Å². The van der Waals surface area contributed by atoms with Gasteiger partial charge in [0.25, 0.3) is 0 Å². The first-order chi connectivity index (χ1) is 8.19. The first-order valence-electron chi connectivity index (χ1n) is 5.73. The van der Waals surface area contributed by atoms with E-state index in [1.54, 1.807) is 7.11 Å². The van der Waals surface area contributed by atoms with Gasteiger partial charge in [-0.1, -0.05) is 12.1 Å². The average molecular weight is 345 g/mol. The van der Waals surface area contributed by atoms with Crippen molar-refractivity contribution in [2.75, 3.05) is 26.7 Å². The molecule has 1 aromatic rings. The van der Waals surface area contributed by atoms with E-state index in [4.69, 9.17) is 4.74 Å². The van der Waals surface area contributed by atoms with Crippen LogP contribution in [0.3, 0.4) is 0 Å². The van der Waals surface area contributed by atoms with E-state index >= 15 is 0 Å². The highest BCUT2D eigenvalue weighted by Gasteiger charge is 2.23. The molecule has 17 heavy (non-hydrogen) atoms. The Labute approximate surface area is 115 Å². The zero-order chi connectivity index (χ0) is 12.3. The summed E-state index contributed by atoms with van der Waals surface area (Å²) in [4.78, 5) is 14.2. The molecule has 1 heterocycles. The van der Waals surface area contributed by atoms with Crippen LogP contribution < -0.4 is 0 Å². The summed E-state index contributed by atoms with van der Waals surface area (Å²) in [5, 5.41) is 0. The summed E-state index contributed by atoms with van der Waals surface area (Å²) in [6, 6.07) is 7.73. The van der Waals surface area contributed by atoms with Crippen LogP contribution in [0, 0.1) is 3.57 Å². The molecule has 1 aliphatic rings. The Bertz CT molecular complexity index is 391. The first-order valence-corrected chi connectivity index (χ1v) is 6.81. The third-order valence-corrected chi connectivity index (χ3v) is 3.82. The number of nitrogens with zero attached hydrogens (tertiary/aromatic N) is 1. The standard InChI is InChI=1S/C13H16INO2/c1-17-12-6-7-15(8-12)9-13(16)10-2-4-11(14)5-3-10/h2-5,12H,6-9H2,1H3. The number of likely N-dealkylation sites (tertiary alicyclic amines) is 1. The van der Waals surface area contributed by atoms with Crippen LogP contribution >= 0.6 is 22.6 Å².